The highest BCUT2D eigenvalue weighted by atomic mass is 15.2. The first-order valence-corrected chi connectivity index (χ1v) is 6.09. The fraction of sp³-hybridized carbons (Fsp3) is 1.00. The third-order valence-corrected chi connectivity index (χ3v) is 4.11. The van der Waals surface area contributed by atoms with Gasteiger partial charge >= 0.3 is 0 Å². The van der Waals surface area contributed by atoms with Crippen LogP contribution in [0.3, 0.4) is 0 Å². The van der Waals surface area contributed by atoms with Gasteiger partial charge in [0.25, 0.3) is 0 Å². The molecule has 82 valence electrons. The van der Waals surface area contributed by atoms with E-state index in [0.29, 0.717) is 5.54 Å². The predicted molar refractivity (Wildman–Crippen MR) is 60.5 cm³/mol. The van der Waals surface area contributed by atoms with Crippen LogP contribution in [0.2, 0.25) is 0 Å². The molecule has 2 heteroatoms. The minimum absolute atomic E-state index is 0.455. The first-order valence-electron chi connectivity index (χ1n) is 6.09. The van der Waals surface area contributed by atoms with Crippen LogP contribution in [0.15, 0.2) is 0 Å². The maximum absolute atomic E-state index is 3.49. The molecule has 0 radical (unpaired) electrons. The van der Waals surface area contributed by atoms with E-state index < -0.39 is 0 Å². The Kier molecular flexibility index (Phi) is 2.85. The number of piperidine rings is 1. The van der Waals surface area contributed by atoms with Crippen molar-refractivity contribution in [1.82, 2.24) is 10.2 Å². The van der Waals surface area contributed by atoms with Gasteiger partial charge in [-0.2, -0.15) is 0 Å². The van der Waals surface area contributed by atoms with Crippen LogP contribution < -0.4 is 5.32 Å². The van der Waals surface area contributed by atoms with Crippen molar-refractivity contribution in [2.45, 2.75) is 51.6 Å². The molecule has 0 bridgehead atoms. The molecule has 0 aromatic carbocycles. The molecule has 2 nitrogen and oxygen atoms in total. The van der Waals surface area contributed by atoms with Gasteiger partial charge in [-0.25, -0.2) is 0 Å². The molecule has 1 N–H and O–H groups in total. The van der Waals surface area contributed by atoms with Crippen LogP contribution in [0, 0.1) is 5.92 Å². The monoisotopic (exact) mass is 196 g/mol. The predicted octanol–water partition coefficient (Wildman–Crippen LogP) is 1.86. The largest absolute Gasteiger partial charge is 0.316 e. The Labute approximate surface area is 88.1 Å². The lowest BCUT2D eigenvalue weighted by molar-refractivity contribution is 0.0633. The number of hydrogen-bond donors (Lipinski definition) is 1. The third-order valence-electron chi connectivity index (χ3n) is 4.11. The zero-order chi connectivity index (χ0) is 10.2. The molecule has 2 fully saturated rings. The van der Waals surface area contributed by atoms with Crippen molar-refractivity contribution in [3.8, 4) is 0 Å². The van der Waals surface area contributed by atoms with Crippen molar-refractivity contribution in [2.24, 2.45) is 5.92 Å². The molecule has 0 spiro atoms. The molecular formula is C12H24N2. The highest BCUT2D eigenvalue weighted by molar-refractivity contribution is 4.95. The number of rotatable bonds is 1. The molecule has 0 amide bonds. The topological polar surface area (TPSA) is 15.3 Å². The zero-order valence-electron chi connectivity index (χ0n) is 9.84. The average molecular weight is 196 g/mol. The normalized spacial score (nSPS) is 38.8. The summed E-state index contributed by atoms with van der Waals surface area (Å²) in [5.41, 5.74) is 0.455. The quantitative estimate of drug-likeness (QED) is 0.688. The number of likely N-dealkylation sites (tertiary alicyclic amines) is 1. The van der Waals surface area contributed by atoms with Gasteiger partial charge in [-0.05, 0) is 58.7 Å². The highest BCUT2D eigenvalue weighted by Crippen LogP contribution is 2.34. The standard InChI is InChI=1S/C12H24N2/c1-10-9-13-7-5-11(10)14-8-4-6-12(14,2)3/h10-11,13H,4-9H2,1-3H3. The molecule has 0 aromatic rings. The van der Waals surface area contributed by atoms with Crippen molar-refractivity contribution in [3.05, 3.63) is 0 Å². The number of nitrogens with zero attached hydrogens (tertiary/aromatic N) is 1. The molecule has 0 aromatic heterocycles. The zero-order valence-corrected chi connectivity index (χ0v) is 9.84. The SMILES string of the molecule is CC1CNCCC1N1CCCC1(C)C. The second-order valence-corrected chi connectivity index (χ2v) is 5.65. The summed E-state index contributed by atoms with van der Waals surface area (Å²) in [5, 5.41) is 3.49. The summed E-state index contributed by atoms with van der Waals surface area (Å²) in [6, 6.07) is 0.828. The molecule has 0 saturated carbocycles. The molecule has 2 saturated heterocycles. The third kappa shape index (κ3) is 1.82. The second kappa shape index (κ2) is 3.82. The summed E-state index contributed by atoms with van der Waals surface area (Å²) in [6.45, 7) is 11.0. The van der Waals surface area contributed by atoms with E-state index in [1.54, 1.807) is 0 Å². The maximum Gasteiger partial charge on any atom is 0.0156 e. The Morgan fingerprint density at radius 2 is 2.14 bits per heavy atom. The van der Waals surface area contributed by atoms with Gasteiger partial charge in [0.2, 0.25) is 0 Å². The van der Waals surface area contributed by atoms with Gasteiger partial charge in [-0.1, -0.05) is 6.92 Å². The minimum atomic E-state index is 0.455. The highest BCUT2D eigenvalue weighted by Gasteiger charge is 2.39. The second-order valence-electron chi connectivity index (χ2n) is 5.65. The molecule has 2 heterocycles. The average Bonchev–Trinajstić information content (AvgIpc) is 2.46. The van der Waals surface area contributed by atoms with Crippen molar-refractivity contribution in [2.75, 3.05) is 19.6 Å². The van der Waals surface area contributed by atoms with Crippen molar-refractivity contribution < 1.29 is 0 Å². The summed E-state index contributed by atoms with van der Waals surface area (Å²) in [7, 11) is 0. The van der Waals surface area contributed by atoms with Gasteiger partial charge < -0.3 is 5.32 Å². The Bertz CT molecular complexity index is 200. The molecule has 2 rings (SSSR count). The van der Waals surface area contributed by atoms with Gasteiger partial charge in [0.15, 0.2) is 0 Å². The Balaban J connectivity index is 2.05. The number of hydrogen-bond acceptors (Lipinski definition) is 2. The van der Waals surface area contributed by atoms with E-state index in [-0.39, 0.29) is 0 Å². The summed E-state index contributed by atoms with van der Waals surface area (Å²) in [4.78, 5) is 2.76. The molecule has 2 unspecified atom stereocenters. The van der Waals surface area contributed by atoms with Gasteiger partial charge in [-0.15, -0.1) is 0 Å². The van der Waals surface area contributed by atoms with Crippen LogP contribution in [-0.2, 0) is 0 Å². The van der Waals surface area contributed by atoms with E-state index in [4.69, 9.17) is 0 Å². The lowest BCUT2D eigenvalue weighted by Gasteiger charge is -2.43. The first kappa shape index (κ1) is 10.4. The van der Waals surface area contributed by atoms with Crippen molar-refractivity contribution in [3.63, 3.8) is 0 Å². The molecular weight excluding hydrogens is 172 g/mol. The van der Waals surface area contributed by atoms with Crippen LogP contribution in [0.4, 0.5) is 0 Å². The molecule has 2 aliphatic heterocycles. The lowest BCUT2D eigenvalue weighted by Crippen LogP contribution is -2.53. The fourth-order valence-electron chi connectivity index (χ4n) is 3.21. The van der Waals surface area contributed by atoms with E-state index >= 15 is 0 Å². The van der Waals surface area contributed by atoms with Crippen LogP contribution in [-0.4, -0.2) is 36.1 Å². The van der Waals surface area contributed by atoms with E-state index in [1.807, 2.05) is 0 Å². The van der Waals surface area contributed by atoms with E-state index in [1.165, 1.54) is 38.9 Å². The summed E-state index contributed by atoms with van der Waals surface area (Å²) < 4.78 is 0. The first-order chi connectivity index (χ1) is 6.61. The van der Waals surface area contributed by atoms with Gasteiger partial charge in [0, 0.05) is 11.6 Å². The summed E-state index contributed by atoms with van der Waals surface area (Å²) >= 11 is 0. The van der Waals surface area contributed by atoms with Gasteiger partial charge in [-0.3, -0.25) is 4.90 Å². The van der Waals surface area contributed by atoms with Crippen LogP contribution >= 0.6 is 0 Å². The lowest BCUT2D eigenvalue weighted by atomic mass is 9.90. The van der Waals surface area contributed by atoms with E-state index in [9.17, 15) is 0 Å². The molecule has 2 atom stereocenters. The van der Waals surface area contributed by atoms with Gasteiger partial charge in [0.05, 0.1) is 0 Å². The van der Waals surface area contributed by atoms with Crippen LogP contribution in [0.25, 0.3) is 0 Å². The maximum atomic E-state index is 3.49. The Morgan fingerprint density at radius 1 is 1.36 bits per heavy atom. The number of nitrogens with one attached hydrogen (secondary N) is 1. The molecule has 14 heavy (non-hydrogen) atoms. The fourth-order valence-corrected chi connectivity index (χ4v) is 3.21. The van der Waals surface area contributed by atoms with Crippen molar-refractivity contribution in [1.29, 1.82) is 0 Å². The van der Waals surface area contributed by atoms with Crippen LogP contribution in [0.1, 0.15) is 40.0 Å². The Morgan fingerprint density at radius 3 is 2.71 bits per heavy atom. The van der Waals surface area contributed by atoms with Crippen molar-refractivity contribution >= 4 is 0 Å². The van der Waals surface area contributed by atoms with Crippen LogP contribution in [0.5, 0.6) is 0 Å². The van der Waals surface area contributed by atoms with Gasteiger partial charge in [0.1, 0.15) is 0 Å². The summed E-state index contributed by atoms with van der Waals surface area (Å²) in [5.74, 6) is 0.820. The van der Waals surface area contributed by atoms with E-state index in [0.717, 1.165) is 12.0 Å². The van der Waals surface area contributed by atoms with E-state index in [2.05, 4.69) is 31.0 Å². The molecule has 0 aliphatic carbocycles. The summed E-state index contributed by atoms with van der Waals surface area (Å²) in [6.07, 6.45) is 4.11. The Hall–Kier alpha value is -0.0800. The molecule has 2 aliphatic rings. The smallest absolute Gasteiger partial charge is 0.0156 e. The minimum Gasteiger partial charge on any atom is -0.316 e.